The molecule has 23 heavy (non-hydrogen) atoms. The molecule has 1 N–H and O–H groups in total. The van der Waals surface area contributed by atoms with E-state index in [-0.39, 0.29) is 24.6 Å². The number of non-ortho nitro benzene ring substituents is 1. The van der Waals surface area contributed by atoms with E-state index < -0.39 is 4.92 Å². The maximum atomic E-state index is 11.7. The Labute approximate surface area is 138 Å². The Hall–Kier alpha value is -2.60. The lowest BCUT2D eigenvalue weighted by molar-refractivity contribution is -0.384. The van der Waals surface area contributed by atoms with Crippen molar-refractivity contribution in [2.75, 3.05) is 6.61 Å². The zero-order valence-electron chi connectivity index (χ0n) is 12.2. The molecule has 0 aliphatic heterocycles. The molecule has 6 nitrogen and oxygen atoms in total. The lowest BCUT2D eigenvalue weighted by Gasteiger charge is -2.07. The van der Waals surface area contributed by atoms with Crippen LogP contribution in [0.1, 0.15) is 12.0 Å². The van der Waals surface area contributed by atoms with Gasteiger partial charge < -0.3 is 10.1 Å². The number of halogens is 1. The van der Waals surface area contributed by atoms with Crippen LogP contribution < -0.4 is 10.1 Å². The molecule has 0 bridgehead atoms. The summed E-state index contributed by atoms with van der Waals surface area (Å²) >= 11 is 5.79. The van der Waals surface area contributed by atoms with E-state index in [2.05, 4.69) is 5.32 Å². The van der Waals surface area contributed by atoms with Gasteiger partial charge in [-0.1, -0.05) is 23.7 Å². The van der Waals surface area contributed by atoms with Gasteiger partial charge in [-0.15, -0.1) is 0 Å². The topological polar surface area (TPSA) is 81.5 Å². The highest BCUT2D eigenvalue weighted by Gasteiger charge is 2.05. The minimum Gasteiger partial charge on any atom is -0.493 e. The van der Waals surface area contributed by atoms with Crippen molar-refractivity contribution in [1.29, 1.82) is 0 Å². The summed E-state index contributed by atoms with van der Waals surface area (Å²) in [4.78, 5) is 21.8. The van der Waals surface area contributed by atoms with Crippen molar-refractivity contribution in [2.45, 2.75) is 13.0 Å². The highest BCUT2D eigenvalue weighted by molar-refractivity contribution is 6.30. The highest BCUT2D eigenvalue weighted by atomic mass is 35.5. The van der Waals surface area contributed by atoms with Crippen LogP contribution in [0.2, 0.25) is 5.02 Å². The molecule has 2 aromatic carbocycles. The second-order valence-electron chi connectivity index (χ2n) is 4.75. The van der Waals surface area contributed by atoms with E-state index in [9.17, 15) is 14.9 Å². The number of ether oxygens (including phenoxy) is 1. The fourth-order valence-electron chi connectivity index (χ4n) is 1.82. The third-order valence-corrected chi connectivity index (χ3v) is 3.30. The highest BCUT2D eigenvalue weighted by Crippen LogP contribution is 2.17. The van der Waals surface area contributed by atoms with Crippen LogP contribution in [0.4, 0.5) is 5.69 Å². The Morgan fingerprint density at radius 3 is 2.39 bits per heavy atom. The normalized spacial score (nSPS) is 10.1. The van der Waals surface area contributed by atoms with Crippen LogP contribution >= 0.6 is 11.6 Å². The van der Waals surface area contributed by atoms with Crippen molar-refractivity contribution in [3.05, 3.63) is 69.2 Å². The largest absolute Gasteiger partial charge is 0.493 e. The molecule has 0 spiro atoms. The summed E-state index contributed by atoms with van der Waals surface area (Å²) < 4.78 is 5.38. The van der Waals surface area contributed by atoms with Gasteiger partial charge in [0.05, 0.1) is 18.0 Å². The molecule has 0 radical (unpaired) electrons. The molecule has 120 valence electrons. The molecule has 0 atom stereocenters. The summed E-state index contributed by atoms with van der Waals surface area (Å²) in [5.74, 6) is 0.350. The molecule has 0 heterocycles. The predicted octanol–water partition coefficient (Wildman–Crippen LogP) is 3.33. The molecule has 7 heteroatoms. The third-order valence-electron chi connectivity index (χ3n) is 3.05. The number of nitrogens with zero attached hydrogens (tertiary/aromatic N) is 1. The van der Waals surface area contributed by atoms with Crippen molar-refractivity contribution in [3.8, 4) is 5.75 Å². The third kappa shape index (κ3) is 5.60. The van der Waals surface area contributed by atoms with Gasteiger partial charge in [-0.25, -0.2) is 0 Å². The number of carbonyl (C=O) groups excluding carboxylic acids is 1. The van der Waals surface area contributed by atoms with Crippen LogP contribution in [0.5, 0.6) is 5.75 Å². The van der Waals surface area contributed by atoms with Crippen LogP contribution in [-0.2, 0) is 11.3 Å². The van der Waals surface area contributed by atoms with E-state index in [0.29, 0.717) is 17.3 Å². The van der Waals surface area contributed by atoms with Crippen molar-refractivity contribution >= 4 is 23.2 Å². The van der Waals surface area contributed by atoms with Gasteiger partial charge in [0.2, 0.25) is 5.91 Å². The number of hydrogen-bond donors (Lipinski definition) is 1. The first-order valence-electron chi connectivity index (χ1n) is 6.93. The first-order valence-corrected chi connectivity index (χ1v) is 7.31. The van der Waals surface area contributed by atoms with E-state index >= 15 is 0 Å². The van der Waals surface area contributed by atoms with Crippen LogP contribution in [0.15, 0.2) is 48.5 Å². The second kappa shape index (κ2) is 8.14. The summed E-state index contributed by atoms with van der Waals surface area (Å²) in [7, 11) is 0. The van der Waals surface area contributed by atoms with Crippen LogP contribution in [0.3, 0.4) is 0 Å². The first kappa shape index (κ1) is 16.8. The van der Waals surface area contributed by atoms with Gasteiger partial charge >= 0.3 is 0 Å². The standard InChI is InChI=1S/C16H15ClN2O4/c17-13-3-1-12(2-4-13)11-18-16(20)9-10-23-15-7-5-14(6-8-15)19(21)22/h1-8H,9-11H2,(H,18,20). The molecule has 0 aliphatic rings. The molecule has 0 aromatic heterocycles. The van der Waals surface area contributed by atoms with Crippen LogP contribution in [-0.4, -0.2) is 17.4 Å². The number of amides is 1. The van der Waals surface area contributed by atoms with Gasteiger partial charge in [0.25, 0.3) is 5.69 Å². The smallest absolute Gasteiger partial charge is 0.269 e. The average Bonchev–Trinajstić information content (AvgIpc) is 2.55. The van der Waals surface area contributed by atoms with E-state index in [1.54, 1.807) is 12.1 Å². The summed E-state index contributed by atoms with van der Waals surface area (Å²) in [5, 5.41) is 14.0. The minimum absolute atomic E-state index is 0.00180. The molecular formula is C16H15ClN2O4. The zero-order valence-corrected chi connectivity index (χ0v) is 13.0. The summed E-state index contributed by atoms with van der Waals surface area (Å²) in [6, 6.07) is 12.9. The van der Waals surface area contributed by atoms with Gasteiger partial charge in [-0.2, -0.15) is 0 Å². The molecule has 1 amide bonds. The predicted molar refractivity (Wildman–Crippen MR) is 86.5 cm³/mol. The molecule has 2 aromatic rings. The Morgan fingerprint density at radius 2 is 1.78 bits per heavy atom. The van der Waals surface area contributed by atoms with Gasteiger partial charge in [-0.05, 0) is 29.8 Å². The number of benzene rings is 2. The quantitative estimate of drug-likeness (QED) is 0.622. The Balaban J connectivity index is 1.70. The summed E-state index contributed by atoms with van der Waals surface area (Å²) in [6.07, 6.45) is 0.199. The van der Waals surface area contributed by atoms with Crippen molar-refractivity contribution < 1.29 is 14.5 Å². The first-order chi connectivity index (χ1) is 11.0. The van der Waals surface area contributed by atoms with Crippen molar-refractivity contribution in [3.63, 3.8) is 0 Å². The molecule has 0 saturated carbocycles. The lowest BCUT2D eigenvalue weighted by Crippen LogP contribution is -2.24. The van der Waals surface area contributed by atoms with Gasteiger partial charge in [0.15, 0.2) is 0 Å². The number of rotatable bonds is 7. The van der Waals surface area contributed by atoms with E-state index in [1.807, 2.05) is 12.1 Å². The second-order valence-corrected chi connectivity index (χ2v) is 5.19. The average molecular weight is 335 g/mol. The SMILES string of the molecule is O=C(CCOc1ccc([N+](=O)[O-])cc1)NCc1ccc(Cl)cc1. The van der Waals surface area contributed by atoms with Crippen molar-refractivity contribution in [2.24, 2.45) is 0 Å². The fraction of sp³-hybridized carbons (Fsp3) is 0.188. The Bertz CT molecular complexity index is 671. The maximum absolute atomic E-state index is 11.7. The molecule has 0 saturated heterocycles. The minimum atomic E-state index is -0.478. The molecule has 0 aliphatic carbocycles. The zero-order chi connectivity index (χ0) is 16.7. The number of hydrogen-bond acceptors (Lipinski definition) is 4. The number of nitrogens with one attached hydrogen (secondary N) is 1. The van der Waals surface area contributed by atoms with Crippen LogP contribution in [0, 0.1) is 10.1 Å². The molecule has 2 rings (SSSR count). The van der Waals surface area contributed by atoms with Crippen LogP contribution in [0.25, 0.3) is 0 Å². The maximum Gasteiger partial charge on any atom is 0.269 e. The Kier molecular flexibility index (Phi) is 5.94. The van der Waals surface area contributed by atoms with Crippen molar-refractivity contribution in [1.82, 2.24) is 5.32 Å². The van der Waals surface area contributed by atoms with Gasteiger partial charge in [-0.3, -0.25) is 14.9 Å². The molecular weight excluding hydrogens is 320 g/mol. The molecule has 0 fully saturated rings. The van der Waals surface area contributed by atoms with E-state index in [1.165, 1.54) is 24.3 Å². The summed E-state index contributed by atoms with van der Waals surface area (Å²) in [6.45, 7) is 0.623. The number of nitro groups is 1. The Morgan fingerprint density at radius 1 is 1.13 bits per heavy atom. The monoisotopic (exact) mass is 334 g/mol. The number of carbonyl (C=O) groups is 1. The van der Waals surface area contributed by atoms with Gasteiger partial charge in [0.1, 0.15) is 5.75 Å². The van der Waals surface area contributed by atoms with E-state index in [0.717, 1.165) is 5.56 Å². The number of nitro benzene ring substituents is 1. The summed E-state index contributed by atoms with van der Waals surface area (Å²) in [5.41, 5.74) is 0.956. The molecule has 0 unspecified atom stereocenters. The van der Waals surface area contributed by atoms with Gasteiger partial charge in [0, 0.05) is 23.7 Å². The van der Waals surface area contributed by atoms with E-state index in [4.69, 9.17) is 16.3 Å². The fourth-order valence-corrected chi connectivity index (χ4v) is 1.94. The lowest BCUT2D eigenvalue weighted by atomic mass is 10.2.